The van der Waals surface area contributed by atoms with Gasteiger partial charge < -0.3 is 29.6 Å². The molecule has 14 heteroatoms. The molecule has 210 valence electrons. The Morgan fingerprint density at radius 1 is 1.03 bits per heavy atom. The van der Waals surface area contributed by atoms with Crippen molar-refractivity contribution < 1.29 is 36.9 Å². The van der Waals surface area contributed by atoms with Crippen molar-refractivity contribution in [2.24, 2.45) is 15.0 Å². The van der Waals surface area contributed by atoms with E-state index < -0.39 is 18.0 Å². The van der Waals surface area contributed by atoms with E-state index in [-0.39, 0.29) is 43.0 Å². The van der Waals surface area contributed by atoms with Gasteiger partial charge in [-0.15, -0.1) is 0 Å². The van der Waals surface area contributed by atoms with Crippen molar-refractivity contribution in [1.29, 1.82) is 0 Å². The number of carbonyl (C=O) groups excluding carboxylic acids is 1. The van der Waals surface area contributed by atoms with E-state index in [4.69, 9.17) is 30.5 Å². The lowest BCUT2D eigenvalue weighted by Gasteiger charge is -2.13. The van der Waals surface area contributed by atoms with E-state index >= 15 is 0 Å². The summed E-state index contributed by atoms with van der Waals surface area (Å²) in [4.78, 5) is 23.8. The summed E-state index contributed by atoms with van der Waals surface area (Å²) in [6, 6.07) is 11.3. The van der Waals surface area contributed by atoms with Gasteiger partial charge in [-0.2, -0.15) is 18.2 Å². The molecule has 0 aliphatic carbocycles. The van der Waals surface area contributed by atoms with Gasteiger partial charge in [0.2, 0.25) is 11.9 Å². The molecule has 2 heterocycles. The summed E-state index contributed by atoms with van der Waals surface area (Å²) in [5.74, 6) is 0.292. The van der Waals surface area contributed by atoms with Gasteiger partial charge in [0.15, 0.2) is 0 Å². The van der Waals surface area contributed by atoms with Crippen LogP contribution in [0.2, 0.25) is 0 Å². The van der Waals surface area contributed by atoms with Crippen molar-refractivity contribution in [2.45, 2.75) is 12.7 Å². The van der Waals surface area contributed by atoms with Gasteiger partial charge in [0.05, 0.1) is 38.5 Å². The first-order chi connectivity index (χ1) is 18.7. The maximum absolute atomic E-state index is 12.9. The van der Waals surface area contributed by atoms with Gasteiger partial charge in [-0.1, -0.05) is 12.1 Å². The van der Waals surface area contributed by atoms with Gasteiger partial charge in [0, 0.05) is 11.8 Å². The van der Waals surface area contributed by atoms with E-state index in [1.54, 1.807) is 24.3 Å². The Balaban J connectivity index is 1.89. The van der Waals surface area contributed by atoms with Crippen molar-refractivity contribution in [3.05, 3.63) is 53.6 Å². The van der Waals surface area contributed by atoms with Crippen LogP contribution in [0.1, 0.15) is 15.9 Å². The first-order valence-corrected chi connectivity index (χ1v) is 12.1. The SMILES string of the molecule is C=N/C1=N\C(NCC(F)(F)F)=NCc2ccc(cc2)OCCOCCOCCOc2cc(ccc2C(=O)Cl)N1. The van der Waals surface area contributed by atoms with Gasteiger partial charge in [-0.05, 0) is 48.1 Å². The first kappa shape index (κ1) is 29.9. The number of aliphatic imine (C=N–C) groups is 3. The quantitative estimate of drug-likeness (QED) is 0.318. The van der Waals surface area contributed by atoms with Crippen LogP contribution in [-0.2, 0) is 16.0 Å². The Labute approximate surface area is 227 Å². The highest BCUT2D eigenvalue weighted by Gasteiger charge is 2.27. The fourth-order valence-electron chi connectivity index (χ4n) is 3.13. The van der Waals surface area contributed by atoms with Crippen LogP contribution in [0.3, 0.4) is 0 Å². The number of carbonyl (C=O) groups is 1. The largest absolute Gasteiger partial charge is 0.491 e. The van der Waals surface area contributed by atoms with E-state index in [0.717, 1.165) is 0 Å². The molecule has 0 radical (unpaired) electrons. The number of ether oxygens (including phenoxy) is 4. The lowest BCUT2D eigenvalue weighted by atomic mass is 10.2. The number of benzene rings is 2. The second-order valence-electron chi connectivity index (χ2n) is 7.88. The third-order valence-electron chi connectivity index (χ3n) is 4.95. The number of rotatable bonds is 2. The van der Waals surface area contributed by atoms with Gasteiger partial charge >= 0.3 is 6.18 Å². The Hall–Kier alpha value is -3.68. The fourth-order valence-corrected chi connectivity index (χ4v) is 3.29. The number of anilines is 1. The number of alkyl halides is 3. The first-order valence-electron chi connectivity index (χ1n) is 11.7. The normalized spacial score (nSPS) is 17.3. The molecule has 39 heavy (non-hydrogen) atoms. The summed E-state index contributed by atoms with van der Waals surface area (Å²) in [6.07, 6.45) is -4.50. The number of nitrogens with one attached hydrogen (secondary N) is 2. The van der Waals surface area contributed by atoms with Crippen LogP contribution in [0.5, 0.6) is 11.5 Å². The van der Waals surface area contributed by atoms with Gasteiger partial charge in [0.1, 0.15) is 31.3 Å². The zero-order chi connectivity index (χ0) is 28.1. The highest BCUT2D eigenvalue weighted by Crippen LogP contribution is 2.25. The minimum absolute atomic E-state index is 0.0298. The molecule has 0 fully saturated rings. The molecule has 0 amide bonds. The van der Waals surface area contributed by atoms with Gasteiger partial charge in [0.25, 0.3) is 5.24 Å². The minimum Gasteiger partial charge on any atom is -0.491 e. The average molecular weight is 570 g/mol. The van der Waals surface area contributed by atoms with Gasteiger partial charge in [-0.25, -0.2) is 9.98 Å². The second kappa shape index (κ2) is 15.0. The Morgan fingerprint density at radius 2 is 1.69 bits per heavy atom. The van der Waals surface area contributed by atoms with Crippen molar-refractivity contribution in [2.75, 3.05) is 51.5 Å². The molecule has 0 saturated heterocycles. The highest BCUT2D eigenvalue weighted by molar-refractivity contribution is 6.68. The van der Waals surface area contributed by atoms with Crippen molar-refractivity contribution in [1.82, 2.24) is 5.32 Å². The fraction of sp³-hybridized carbons (Fsp3) is 0.360. The maximum atomic E-state index is 12.9. The van der Waals surface area contributed by atoms with Crippen LogP contribution < -0.4 is 20.1 Å². The molecule has 0 aromatic heterocycles. The molecule has 2 aliphatic rings. The lowest BCUT2D eigenvalue weighted by molar-refractivity contribution is -0.122. The number of guanidine groups is 2. The number of hydrogen-bond acceptors (Lipinski definition) is 10. The molecule has 2 aliphatic heterocycles. The van der Waals surface area contributed by atoms with Crippen LogP contribution in [0.4, 0.5) is 18.9 Å². The molecule has 0 atom stereocenters. The zero-order valence-electron chi connectivity index (χ0n) is 20.8. The average Bonchev–Trinajstić information content (AvgIpc) is 2.90. The van der Waals surface area contributed by atoms with E-state index in [0.29, 0.717) is 43.4 Å². The number of nitrogens with zero attached hydrogens (tertiary/aromatic N) is 3. The summed E-state index contributed by atoms with van der Waals surface area (Å²) >= 11 is 5.67. The van der Waals surface area contributed by atoms with Crippen LogP contribution in [0.15, 0.2) is 57.4 Å². The summed E-state index contributed by atoms with van der Waals surface area (Å²) < 4.78 is 60.9. The van der Waals surface area contributed by atoms with E-state index in [1.165, 1.54) is 18.2 Å². The number of fused-ring (bicyclic) bond motifs is 14. The molecule has 2 aromatic carbocycles. The van der Waals surface area contributed by atoms with Crippen molar-refractivity contribution in [3.63, 3.8) is 0 Å². The predicted molar refractivity (Wildman–Crippen MR) is 141 cm³/mol. The molecule has 0 saturated carbocycles. The second-order valence-corrected chi connectivity index (χ2v) is 8.22. The van der Waals surface area contributed by atoms with Crippen LogP contribution in [0, 0.1) is 0 Å². The summed E-state index contributed by atoms with van der Waals surface area (Å²) in [5, 5.41) is 4.26. The summed E-state index contributed by atoms with van der Waals surface area (Å²) in [7, 11) is 0. The van der Waals surface area contributed by atoms with Crippen molar-refractivity contribution >= 4 is 41.2 Å². The third-order valence-corrected chi connectivity index (χ3v) is 5.15. The topological polar surface area (TPSA) is 115 Å². The molecule has 2 aromatic rings. The molecule has 0 spiro atoms. The molecule has 4 bridgehead atoms. The van der Waals surface area contributed by atoms with Crippen LogP contribution >= 0.6 is 11.6 Å². The highest BCUT2D eigenvalue weighted by atomic mass is 35.5. The zero-order valence-corrected chi connectivity index (χ0v) is 21.6. The Bertz CT molecular complexity index is 1180. The molecule has 4 rings (SSSR count). The Kier molecular flexibility index (Phi) is 11.5. The monoisotopic (exact) mass is 569 g/mol. The lowest BCUT2D eigenvalue weighted by Crippen LogP contribution is -2.34. The number of hydrogen-bond donors (Lipinski definition) is 2. The molecule has 0 unspecified atom stereocenters. The molecular weight excluding hydrogens is 543 g/mol. The summed E-state index contributed by atoms with van der Waals surface area (Å²) in [6.45, 7) is 3.76. The molecule has 2 N–H and O–H groups in total. The smallest absolute Gasteiger partial charge is 0.405 e. The molecule has 10 nitrogen and oxygen atoms in total. The van der Waals surface area contributed by atoms with E-state index in [9.17, 15) is 18.0 Å². The van der Waals surface area contributed by atoms with E-state index in [1.807, 2.05) is 0 Å². The minimum atomic E-state index is -4.50. The summed E-state index contributed by atoms with van der Waals surface area (Å²) in [5.41, 5.74) is 1.18. The standard InChI is InChI=1S/C25H27ClF3N5O5/c1-30-23-33-18-4-7-20(22(26)35)21(14-18)39-13-11-37-9-8-36-10-12-38-19-5-2-17(3-6-19)15-31-24(34-23)32-16-25(27,28)29/h2-7,14H,1,8-13,15-16H2,(H2,31,32,33,34). The predicted octanol–water partition coefficient (Wildman–Crippen LogP) is 4.05. The third kappa shape index (κ3) is 10.9. The van der Waals surface area contributed by atoms with E-state index in [2.05, 4.69) is 32.3 Å². The van der Waals surface area contributed by atoms with Crippen molar-refractivity contribution in [3.8, 4) is 11.5 Å². The van der Waals surface area contributed by atoms with Gasteiger partial charge in [-0.3, -0.25) is 4.79 Å². The molecular formula is C25H27ClF3N5O5. The number of halogens is 4. The Morgan fingerprint density at radius 3 is 2.33 bits per heavy atom. The maximum Gasteiger partial charge on any atom is 0.405 e. The van der Waals surface area contributed by atoms with Crippen LogP contribution in [0.25, 0.3) is 0 Å². The van der Waals surface area contributed by atoms with Crippen LogP contribution in [-0.4, -0.2) is 76.2 Å².